The molecule has 3 amide bonds. The predicted molar refractivity (Wildman–Crippen MR) is 154 cm³/mol. The van der Waals surface area contributed by atoms with Gasteiger partial charge in [-0.1, -0.05) is 13.8 Å². The first-order valence-corrected chi connectivity index (χ1v) is 15.2. The summed E-state index contributed by atoms with van der Waals surface area (Å²) in [6.07, 6.45) is -10.4. The number of carbonyl (C=O) groups excluding carboxylic acids is 3. The van der Waals surface area contributed by atoms with Crippen LogP contribution in [0.15, 0.2) is 0 Å². The van der Waals surface area contributed by atoms with Gasteiger partial charge in [0.2, 0.25) is 17.7 Å². The van der Waals surface area contributed by atoms with Gasteiger partial charge < -0.3 is 73.3 Å². The van der Waals surface area contributed by atoms with E-state index in [-0.39, 0.29) is 56.7 Å². The Morgan fingerprint density at radius 2 is 1.60 bits per heavy atom. The molecule has 1 unspecified atom stereocenters. The SMILES string of the molecule is CC(C)(CO)[C@@H](O)C(=O)NCCC(=O)NCSCCC(=O)NC[C@H]1O[C@H](OC2[C@@H](N)C[C@@H](N)[C@H](O)[C@H]2O)[C@H](N)[C@@H](O)[C@@H]1O. The number of rotatable bonds is 15. The lowest BCUT2D eigenvalue weighted by molar-refractivity contribution is -0.288. The van der Waals surface area contributed by atoms with Gasteiger partial charge in [0.1, 0.15) is 36.6 Å². The molecular formula is C25H48N6O11S. The van der Waals surface area contributed by atoms with E-state index < -0.39 is 78.5 Å². The van der Waals surface area contributed by atoms with Crippen molar-refractivity contribution in [3.05, 3.63) is 0 Å². The number of nitrogens with two attached hydrogens (primary N) is 3. The average molecular weight is 641 g/mol. The van der Waals surface area contributed by atoms with E-state index in [2.05, 4.69) is 16.0 Å². The lowest BCUT2D eigenvalue weighted by Gasteiger charge is -2.45. The van der Waals surface area contributed by atoms with Crippen molar-refractivity contribution in [2.75, 3.05) is 31.3 Å². The van der Waals surface area contributed by atoms with E-state index in [0.717, 1.165) is 0 Å². The molecule has 250 valence electrons. The molecule has 1 aliphatic heterocycles. The van der Waals surface area contributed by atoms with Gasteiger partial charge in [0.15, 0.2) is 6.29 Å². The van der Waals surface area contributed by atoms with Crippen LogP contribution in [0.5, 0.6) is 0 Å². The minimum atomic E-state index is -1.48. The topological polar surface area (TPSA) is 305 Å². The standard InChI is InChI=1S/C25H48N6O11S/c1-25(2,9-32)22(39)23(40)29-5-3-14(33)31-10-43-6-4-15(34)30-8-13-18(36)19(37)16(28)24(41-13)42-21-12(27)7-11(26)17(35)20(21)38/h11-13,16-22,24,32,35-39H,3-10,26-28H2,1-2H3,(H,29,40)(H,30,34)(H,31,33)/t11-,12+,13-,16-,17+,18-,19-,20-,21?,22+,24-/m1/s1. The van der Waals surface area contributed by atoms with Crippen LogP contribution in [0.3, 0.4) is 0 Å². The summed E-state index contributed by atoms with van der Waals surface area (Å²) < 4.78 is 11.4. The van der Waals surface area contributed by atoms with E-state index in [0.29, 0.717) is 5.75 Å². The molecule has 2 rings (SSSR count). The predicted octanol–water partition coefficient (Wildman–Crippen LogP) is -5.88. The smallest absolute Gasteiger partial charge is 0.249 e. The van der Waals surface area contributed by atoms with Crippen LogP contribution in [-0.4, -0.2) is 147 Å². The van der Waals surface area contributed by atoms with Crippen LogP contribution < -0.4 is 33.2 Å². The highest BCUT2D eigenvalue weighted by molar-refractivity contribution is 7.99. The van der Waals surface area contributed by atoms with E-state index in [4.69, 9.17) is 26.7 Å². The first-order chi connectivity index (χ1) is 20.1. The van der Waals surface area contributed by atoms with Crippen molar-refractivity contribution in [1.29, 1.82) is 0 Å². The largest absolute Gasteiger partial charge is 0.396 e. The second-order valence-electron chi connectivity index (χ2n) is 11.5. The van der Waals surface area contributed by atoms with Gasteiger partial charge in [0.05, 0.1) is 24.6 Å². The number of carbonyl (C=O) groups is 3. The fourth-order valence-corrected chi connectivity index (χ4v) is 5.20. The Morgan fingerprint density at radius 1 is 0.953 bits per heavy atom. The third kappa shape index (κ3) is 10.7. The molecule has 1 aliphatic carbocycles. The molecule has 11 atom stereocenters. The normalized spacial score (nSPS) is 33.8. The summed E-state index contributed by atoms with van der Waals surface area (Å²) in [7, 11) is 0. The van der Waals surface area contributed by atoms with E-state index in [9.17, 15) is 45.0 Å². The molecule has 0 aromatic carbocycles. The summed E-state index contributed by atoms with van der Waals surface area (Å²) >= 11 is 1.27. The quantitative estimate of drug-likeness (QED) is 0.0586. The molecule has 1 saturated heterocycles. The molecule has 0 radical (unpaired) electrons. The summed E-state index contributed by atoms with van der Waals surface area (Å²) in [6.45, 7) is 2.50. The molecule has 2 fully saturated rings. The lowest BCUT2D eigenvalue weighted by Crippen LogP contribution is -2.67. The van der Waals surface area contributed by atoms with Gasteiger partial charge in [-0.3, -0.25) is 14.4 Å². The first-order valence-electron chi connectivity index (χ1n) is 14.1. The molecule has 0 aromatic heterocycles. The molecular weight excluding hydrogens is 592 g/mol. The average Bonchev–Trinajstić information content (AvgIpc) is 2.96. The summed E-state index contributed by atoms with van der Waals surface area (Å²) in [6, 6.07) is -2.71. The Hall–Kier alpha value is -1.68. The summed E-state index contributed by atoms with van der Waals surface area (Å²) in [5.74, 6) is -0.853. The third-order valence-corrected chi connectivity index (χ3v) is 8.37. The number of aliphatic hydroxyl groups excluding tert-OH is 6. The fraction of sp³-hybridized carbons (Fsp3) is 0.880. The van der Waals surface area contributed by atoms with Crippen LogP contribution in [0.2, 0.25) is 0 Å². The highest BCUT2D eigenvalue weighted by Crippen LogP contribution is 2.27. The molecule has 43 heavy (non-hydrogen) atoms. The van der Waals surface area contributed by atoms with E-state index in [1.54, 1.807) is 0 Å². The van der Waals surface area contributed by atoms with Crippen molar-refractivity contribution in [3.63, 3.8) is 0 Å². The van der Waals surface area contributed by atoms with Crippen molar-refractivity contribution < 1.29 is 54.5 Å². The van der Waals surface area contributed by atoms with Crippen LogP contribution in [0.4, 0.5) is 0 Å². The van der Waals surface area contributed by atoms with Gasteiger partial charge in [0, 0.05) is 49.2 Å². The highest BCUT2D eigenvalue weighted by atomic mass is 32.2. The monoisotopic (exact) mass is 640 g/mol. The Bertz CT molecular complexity index is 921. The zero-order valence-corrected chi connectivity index (χ0v) is 25.2. The highest BCUT2D eigenvalue weighted by Gasteiger charge is 2.48. The molecule has 1 heterocycles. The van der Waals surface area contributed by atoms with Crippen molar-refractivity contribution in [3.8, 4) is 0 Å². The third-order valence-electron chi connectivity index (χ3n) is 7.52. The molecule has 15 N–H and O–H groups in total. The Morgan fingerprint density at radius 3 is 2.26 bits per heavy atom. The lowest BCUT2D eigenvalue weighted by atomic mass is 9.84. The minimum absolute atomic E-state index is 0.00105. The van der Waals surface area contributed by atoms with Crippen LogP contribution in [0, 0.1) is 5.41 Å². The molecule has 0 aromatic rings. The summed E-state index contributed by atoms with van der Waals surface area (Å²) in [5, 5.41) is 68.1. The molecule has 17 nitrogen and oxygen atoms in total. The number of ether oxygens (including phenoxy) is 2. The minimum Gasteiger partial charge on any atom is -0.396 e. The van der Waals surface area contributed by atoms with Crippen molar-refractivity contribution in [2.24, 2.45) is 22.6 Å². The second kappa shape index (κ2) is 17.1. The maximum Gasteiger partial charge on any atom is 0.249 e. The van der Waals surface area contributed by atoms with E-state index in [1.807, 2.05) is 0 Å². The van der Waals surface area contributed by atoms with Crippen molar-refractivity contribution >= 4 is 29.5 Å². The van der Waals surface area contributed by atoms with Crippen LogP contribution >= 0.6 is 11.8 Å². The number of hydrogen-bond donors (Lipinski definition) is 12. The van der Waals surface area contributed by atoms with Gasteiger partial charge in [0.25, 0.3) is 0 Å². The maximum absolute atomic E-state index is 12.3. The zero-order chi connectivity index (χ0) is 32.5. The summed E-state index contributed by atoms with van der Waals surface area (Å²) in [5.41, 5.74) is 16.7. The Labute approximate surface area is 254 Å². The van der Waals surface area contributed by atoms with Gasteiger partial charge in [-0.25, -0.2) is 0 Å². The molecule has 0 bridgehead atoms. The molecule has 1 saturated carbocycles. The van der Waals surface area contributed by atoms with Crippen LogP contribution in [0.25, 0.3) is 0 Å². The number of thioether (sulfide) groups is 1. The summed E-state index contributed by atoms with van der Waals surface area (Å²) in [4.78, 5) is 36.2. The Balaban J connectivity index is 1.68. The number of hydrogen-bond acceptors (Lipinski definition) is 15. The zero-order valence-electron chi connectivity index (χ0n) is 24.4. The van der Waals surface area contributed by atoms with E-state index in [1.165, 1.54) is 25.6 Å². The first kappa shape index (κ1) is 37.5. The van der Waals surface area contributed by atoms with Crippen LogP contribution in [-0.2, 0) is 23.9 Å². The number of nitrogens with one attached hydrogen (secondary N) is 3. The van der Waals surface area contributed by atoms with Gasteiger partial charge in [-0.2, -0.15) is 0 Å². The molecule has 2 aliphatic rings. The van der Waals surface area contributed by atoms with Crippen molar-refractivity contribution in [2.45, 2.75) is 100 Å². The Kier molecular flexibility index (Phi) is 14.9. The maximum atomic E-state index is 12.3. The number of amides is 3. The van der Waals surface area contributed by atoms with Gasteiger partial charge in [-0.15, -0.1) is 11.8 Å². The van der Waals surface area contributed by atoms with Gasteiger partial charge >= 0.3 is 0 Å². The molecule has 0 spiro atoms. The second-order valence-corrected chi connectivity index (χ2v) is 12.6. The molecule has 18 heteroatoms. The number of aliphatic hydroxyl groups is 6. The van der Waals surface area contributed by atoms with E-state index >= 15 is 0 Å². The van der Waals surface area contributed by atoms with Crippen molar-refractivity contribution in [1.82, 2.24) is 16.0 Å². The fourth-order valence-electron chi connectivity index (χ4n) is 4.47. The van der Waals surface area contributed by atoms with Crippen LogP contribution in [0.1, 0.15) is 33.1 Å². The van der Waals surface area contributed by atoms with Gasteiger partial charge in [-0.05, 0) is 6.42 Å².